The first-order chi connectivity index (χ1) is 6.48. The van der Waals surface area contributed by atoms with Crippen molar-refractivity contribution in [1.29, 1.82) is 0 Å². The third-order valence-corrected chi connectivity index (χ3v) is 3.46. The van der Waals surface area contributed by atoms with E-state index in [0.29, 0.717) is 0 Å². The highest BCUT2D eigenvalue weighted by molar-refractivity contribution is 4.87. The second kappa shape index (κ2) is 4.60. The Labute approximate surface area is 87.1 Å². The molecule has 1 fully saturated rings. The summed E-state index contributed by atoms with van der Waals surface area (Å²) in [6.45, 7) is 8.07. The largest absolute Gasteiger partial charge is 0.392 e. The van der Waals surface area contributed by atoms with Crippen molar-refractivity contribution in [3.63, 3.8) is 0 Å². The Balaban J connectivity index is 2.56. The lowest BCUT2D eigenvalue weighted by Crippen LogP contribution is -2.52. The molecule has 1 N–H and O–H groups in total. The number of piperidine rings is 1. The number of ether oxygens (including phenoxy) is 1. The van der Waals surface area contributed by atoms with Crippen molar-refractivity contribution >= 4 is 0 Å². The summed E-state index contributed by atoms with van der Waals surface area (Å²) in [5.41, 5.74) is -0.0264. The third kappa shape index (κ3) is 2.69. The summed E-state index contributed by atoms with van der Waals surface area (Å²) >= 11 is 0. The first kappa shape index (κ1) is 12.0. The van der Waals surface area contributed by atoms with Crippen LogP contribution >= 0.6 is 0 Å². The van der Waals surface area contributed by atoms with Gasteiger partial charge in [0.15, 0.2) is 0 Å². The number of hydrogen-bond donors (Lipinski definition) is 1. The molecule has 0 aromatic heterocycles. The van der Waals surface area contributed by atoms with Crippen LogP contribution in [-0.2, 0) is 4.74 Å². The van der Waals surface area contributed by atoms with Crippen LogP contribution in [0.4, 0.5) is 0 Å². The van der Waals surface area contributed by atoms with Crippen LogP contribution in [0.3, 0.4) is 0 Å². The Morgan fingerprint density at radius 2 is 2.07 bits per heavy atom. The lowest BCUT2D eigenvalue weighted by molar-refractivity contribution is -0.0716. The Hall–Kier alpha value is -0.120. The predicted molar refractivity (Wildman–Crippen MR) is 57.4 cm³/mol. The van der Waals surface area contributed by atoms with Crippen LogP contribution in [-0.4, -0.2) is 48.0 Å². The monoisotopic (exact) mass is 201 g/mol. The van der Waals surface area contributed by atoms with Gasteiger partial charge >= 0.3 is 0 Å². The maximum absolute atomic E-state index is 9.53. The van der Waals surface area contributed by atoms with E-state index in [1.165, 1.54) is 0 Å². The highest BCUT2D eigenvalue weighted by atomic mass is 16.5. The Morgan fingerprint density at radius 3 is 2.57 bits per heavy atom. The summed E-state index contributed by atoms with van der Waals surface area (Å²) in [5.74, 6) is 0. The Kier molecular flexibility index (Phi) is 3.93. The molecule has 0 radical (unpaired) electrons. The number of hydrogen-bond acceptors (Lipinski definition) is 3. The van der Waals surface area contributed by atoms with E-state index >= 15 is 0 Å². The fraction of sp³-hybridized carbons (Fsp3) is 1.00. The molecule has 3 heteroatoms. The van der Waals surface area contributed by atoms with Gasteiger partial charge in [0.25, 0.3) is 0 Å². The average molecular weight is 201 g/mol. The van der Waals surface area contributed by atoms with Gasteiger partial charge < -0.3 is 9.84 Å². The average Bonchev–Trinajstić information content (AvgIpc) is 2.16. The number of likely N-dealkylation sites (tertiary alicyclic amines) is 1. The van der Waals surface area contributed by atoms with Gasteiger partial charge in [0.1, 0.15) is 0 Å². The van der Waals surface area contributed by atoms with Crippen molar-refractivity contribution in [3.8, 4) is 0 Å². The molecule has 1 aliphatic rings. The molecule has 0 spiro atoms. The third-order valence-electron chi connectivity index (χ3n) is 3.46. The normalized spacial score (nSPS) is 34.1. The minimum absolute atomic E-state index is 0.0264. The zero-order valence-electron chi connectivity index (χ0n) is 9.79. The van der Waals surface area contributed by atoms with Gasteiger partial charge in [-0.2, -0.15) is 0 Å². The van der Waals surface area contributed by atoms with E-state index < -0.39 is 0 Å². The van der Waals surface area contributed by atoms with Gasteiger partial charge in [-0.05, 0) is 40.2 Å². The fourth-order valence-corrected chi connectivity index (χ4v) is 2.06. The van der Waals surface area contributed by atoms with E-state index in [1.54, 1.807) is 7.11 Å². The molecular weight excluding hydrogens is 178 g/mol. The molecule has 14 heavy (non-hydrogen) atoms. The molecule has 1 aliphatic heterocycles. The van der Waals surface area contributed by atoms with E-state index in [-0.39, 0.29) is 17.7 Å². The minimum Gasteiger partial charge on any atom is -0.392 e. The molecule has 1 saturated heterocycles. The molecular formula is C11H23NO2. The van der Waals surface area contributed by atoms with Gasteiger partial charge in [-0.3, -0.25) is 4.90 Å². The first-order valence-corrected chi connectivity index (χ1v) is 5.46. The van der Waals surface area contributed by atoms with E-state index in [9.17, 15) is 5.11 Å². The molecule has 0 saturated carbocycles. The number of aliphatic hydroxyl groups is 1. The van der Waals surface area contributed by atoms with Crippen molar-refractivity contribution in [2.45, 2.75) is 51.4 Å². The summed E-state index contributed by atoms with van der Waals surface area (Å²) in [6, 6.07) is 0.227. The zero-order chi connectivity index (χ0) is 10.8. The predicted octanol–water partition coefficient (Wildman–Crippen LogP) is 1.26. The van der Waals surface area contributed by atoms with E-state index in [1.807, 2.05) is 6.92 Å². The number of rotatable bonds is 3. The lowest BCUT2D eigenvalue weighted by atomic mass is 9.93. The first-order valence-electron chi connectivity index (χ1n) is 5.46. The maximum Gasteiger partial charge on any atom is 0.0777 e. The molecule has 0 bridgehead atoms. The number of methoxy groups -OCH3 is 1. The number of aliphatic hydroxyl groups excluding tert-OH is 1. The molecule has 0 aliphatic carbocycles. The van der Waals surface area contributed by atoms with Gasteiger partial charge in [-0.15, -0.1) is 0 Å². The van der Waals surface area contributed by atoms with Crippen molar-refractivity contribution in [1.82, 2.24) is 4.90 Å². The van der Waals surface area contributed by atoms with Gasteiger partial charge in [-0.25, -0.2) is 0 Å². The molecule has 1 heterocycles. The van der Waals surface area contributed by atoms with Crippen LogP contribution in [0.25, 0.3) is 0 Å². The van der Waals surface area contributed by atoms with Crippen LogP contribution < -0.4 is 0 Å². The van der Waals surface area contributed by atoms with Crippen LogP contribution in [0.5, 0.6) is 0 Å². The standard InChI is InChI=1S/C11H23NO2/c1-9(10(2)13)12-7-5-6-11(3,8-12)14-4/h9-10,13H,5-8H2,1-4H3. The minimum atomic E-state index is -0.269. The van der Waals surface area contributed by atoms with Crippen LogP contribution in [0, 0.1) is 0 Å². The summed E-state index contributed by atoms with van der Waals surface area (Å²) in [5, 5.41) is 9.53. The Bertz CT molecular complexity index is 184. The van der Waals surface area contributed by atoms with Crippen LogP contribution in [0.2, 0.25) is 0 Å². The molecule has 84 valence electrons. The summed E-state index contributed by atoms with van der Waals surface area (Å²) in [7, 11) is 1.77. The second-order valence-corrected chi connectivity index (χ2v) is 4.71. The molecule has 3 atom stereocenters. The zero-order valence-corrected chi connectivity index (χ0v) is 9.79. The van der Waals surface area contributed by atoms with Gasteiger partial charge in [0, 0.05) is 19.7 Å². The fourth-order valence-electron chi connectivity index (χ4n) is 2.06. The summed E-state index contributed by atoms with van der Waals surface area (Å²) in [6.07, 6.45) is 2.00. The van der Waals surface area contributed by atoms with Crippen molar-refractivity contribution in [2.75, 3.05) is 20.2 Å². The Morgan fingerprint density at radius 1 is 1.43 bits per heavy atom. The van der Waals surface area contributed by atoms with Crippen molar-refractivity contribution in [2.24, 2.45) is 0 Å². The van der Waals surface area contributed by atoms with Gasteiger partial charge in [0.2, 0.25) is 0 Å². The smallest absolute Gasteiger partial charge is 0.0777 e. The van der Waals surface area contributed by atoms with Crippen LogP contribution in [0.1, 0.15) is 33.6 Å². The van der Waals surface area contributed by atoms with Crippen LogP contribution in [0.15, 0.2) is 0 Å². The molecule has 3 nitrogen and oxygen atoms in total. The SMILES string of the molecule is COC1(C)CCCN(C(C)C(C)O)C1. The quantitative estimate of drug-likeness (QED) is 0.746. The number of nitrogens with zero attached hydrogens (tertiary/aromatic N) is 1. The second-order valence-electron chi connectivity index (χ2n) is 4.71. The van der Waals surface area contributed by atoms with Crippen molar-refractivity contribution in [3.05, 3.63) is 0 Å². The van der Waals surface area contributed by atoms with Gasteiger partial charge in [0.05, 0.1) is 11.7 Å². The molecule has 0 aromatic rings. The van der Waals surface area contributed by atoms with E-state index in [0.717, 1.165) is 25.9 Å². The highest BCUT2D eigenvalue weighted by Crippen LogP contribution is 2.25. The molecule has 1 rings (SSSR count). The summed E-state index contributed by atoms with van der Waals surface area (Å²) < 4.78 is 5.52. The van der Waals surface area contributed by atoms with Gasteiger partial charge in [-0.1, -0.05) is 0 Å². The molecule has 0 aromatic carbocycles. The molecule has 3 unspecified atom stereocenters. The van der Waals surface area contributed by atoms with E-state index in [2.05, 4.69) is 18.7 Å². The maximum atomic E-state index is 9.53. The lowest BCUT2D eigenvalue weighted by Gasteiger charge is -2.43. The van der Waals surface area contributed by atoms with E-state index in [4.69, 9.17) is 4.74 Å². The van der Waals surface area contributed by atoms with Crippen molar-refractivity contribution < 1.29 is 9.84 Å². The molecule has 0 amide bonds. The topological polar surface area (TPSA) is 32.7 Å². The summed E-state index contributed by atoms with van der Waals surface area (Å²) in [4.78, 5) is 2.32. The highest BCUT2D eigenvalue weighted by Gasteiger charge is 2.33.